The van der Waals surface area contributed by atoms with Crippen LogP contribution in [-0.2, 0) is 9.53 Å². The summed E-state index contributed by atoms with van der Waals surface area (Å²) in [5, 5.41) is 13.3. The van der Waals surface area contributed by atoms with Gasteiger partial charge in [-0.15, -0.1) is 0 Å². The second kappa shape index (κ2) is 8.21. The maximum Gasteiger partial charge on any atom is 0.350 e. The van der Waals surface area contributed by atoms with Gasteiger partial charge < -0.3 is 4.74 Å². The highest BCUT2D eigenvalue weighted by Gasteiger charge is 2.26. The fourth-order valence-corrected chi connectivity index (χ4v) is 3.86. The van der Waals surface area contributed by atoms with Gasteiger partial charge in [-0.05, 0) is 69.2 Å². The molecule has 0 aliphatic heterocycles. The van der Waals surface area contributed by atoms with E-state index in [1.807, 2.05) is 6.92 Å². The summed E-state index contributed by atoms with van der Waals surface area (Å²) in [7, 11) is 1.42. The molecule has 7 heteroatoms. The number of rotatable bonds is 5. The van der Waals surface area contributed by atoms with Gasteiger partial charge in [-0.25, -0.2) is 4.79 Å². The van der Waals surface area contributed by atoms with Crippen LogP contribution in [0.15, 0.2) is 29.1 Å². The van der Waals surface area contributed by atoms with Gasteiger partial charge in [0.1, 0.15) is 5.82 Å². The number of benzene rings is 1. The molecule has 142 valence electrons. The molecule has 1 aliphatic carbocycles. The van der Waals surface area contributed by atoms with Crippen molar-refractivity contribution in [3.63, 3.8) is 0 Å². The van der Waals surface area contributed by atoms with Crippen LogP contribution < -0.4 is 5.69 Å². The normalized spacial score (nSPS) is 19.4. The lowest BCUT2D eigenvalue weighted by Gasteiger charge is -2.29. The Labute approximate surface area is 158 Å². The molecular formula is C20H24N4O3. The van der Waals surface area contributed by atoms with E-state index in [1.54, 1.807) is 28.8 Å². The average Bonchev–Trinajstić information content (AvgIpc) is 3.00. The minimum atomic E-state index is -0.159. The number of aromatic nitrogens is 3. The topological polar surface area (TPSA) is 89.9 Å². The first-order chi connectivity index (χ1) is 13.0. The zero-order chi connectivity index (χ0) is 19.4. The van der Waals surface area contributed by atoms with Crippen molar-refractivity contribution in [3.8, 4) is 11.8 Å². The summed E-state index contributed by atoms with van der Waals surface area (Å²) >= 11 is 0. The smallest absolute Gasteiger partial charge is 0.350 e. The summed E-state index contributed by atoms with van der Waals surface area (Å²) in [5.74, 6) is 1.04. The molecule has 0 spiro atoms. The third-order valence-corrected chi connectivity index (χ3v) is 5.39. The van der Waals surface area contributed by atoms with Crippen LogP contribution in [-0.4, -0.2) is 27.4 Å². The maximum atomic E-state index is 12.9. The fraction of sp³-hybridized carbons (Fsp3) is 0.500. The van der Waals surface area contributed by atoms with Crippen molar-refractivity contribution in [2.24, 2.45) is 5.92 Å². The van der Waals surface area contributed by atoms with Crippen molar-refractivity contribution in [3.05, 3.63) is 46.1 Å². The number of carbonyl (C=O) groups is 1. The van der Waals surface area contributed by atoms with Crippen LogP contribution in [0.3, 0.4) is 0 Å². The van der Waals surface area contributed by atoms with Crippen LogP contribution in [0.2, 0.25) is 0 Å². The van der Waals surface area contributed by atoms with E-state index in [1.165, 1.54) is 11.8 Å². The second-order valence-corrected chi connectivity index (χ2v) is 7.06. The van der Waals surface area contributed by atoms with E-state index in [2.05, 4.69) is 11.2 Å². The number of aryl methyl sites for hydroxylation is 1. The molecule has 0 amide bonds. The van der Waals surface area contributed by atoms with Crippen LogP contribution in [0.4, 0.5) is 0 Å². The van der Waals surface area contributed by atoms with Gasteiger partial charge in [-0.2, -0.15) is 15.0 Å². The lowest BCUT2D eigenvalue weighted by molar-refractivity contribution is -0.141. The molecule has 7 nitrogen and oxygen atoms in total. The van der Waals surface area contributed by atoms with Gasteiger partial charge in [0.25, 0.3) is 0 Å². The van der Waals surface area contributed by atoms with Gasteiger partial charge >= 0.3 is 11.7 Å². The van der Waals surface area contributed by atoms with E-state index in [0.29, 0.717) is 29.4 Å². The third kappa shape index (κ3) is 4.11. The predicted octanol–water partition coefficient (Wildman–Crippen LogP) is 2.90. The summed E-state index contributed by atoms with van der Waals surface area (Å²) in [6.07, 6.45) is 5.11. The molecule has 0 bridgehead atoms. The molecule has 1 fully saturated rings. The van der Waals surface area contributed by atoms with E-state index in [9.17, 15) is 9.59 Å². The summed E-state index contributed by atoms with van der Waals surface area (Å²) < 4.78 is 7.90. The van der Waals surface area contributed by atoms with Crippen molar-refractivity contribution in [1.29, 1.82) is 5.26 Å². The third-order valence-electron chi connectivity index (χ3n) is 5.39. The van der Waals surface area contributed by atoms with Crippen LogP contribution in [0.1, 0.15) is 56.0 Å². The second-order valence-electron chi connectivity index (χ2n) is 7.06. The van der Waals surface area contributed by atoms with Gasteiger partial charge in [0.05, 0.1) is 24.4 Å². The van der Waals surface area contributed by atoms with Crippen LogP contribution in [0.25, 0.3) is 5.69 Å². The van der Waals surface area contributed by atoms with Crippen LogP contribution in [0, 0.1) is 24.2 Å². The maximum absolute atomic E-state index is 12.9. The quantitative estimate of drug-likeness (QED) is 0.757. The monoisotopic (exact) mass is 368 g/mol. The zero-order valence-corrected chi connectivity index (χ0v) is 15.7. The Kier molecular flexibility index (Phi) is 5.75. The SMILES string of the molecule is COC(=O)CC[C@H]1CC[C@@H](n2c(C)nn(-c3ccc(C#N)cc3)c2=O)CC1. The molecule has 1 saturated carbocycles. The van der Waals surface area contributed by atoms with Gasteiger partial charge in [-0.1, -0.05) is 0 Å². The summed E-state index contributed by atoms with van der Waals surface area (Å²) in [6.45, 7) is 1.85. The minimum Gasteiger partial charge on any atom is -0.469 e. The Morgan fingerprint density at radius 1 is 1.26 bits per heavy atom. The zero-order valence-electron chi connectivity index (χ0n) is 15.7. The molecule has 1 aromatic carbocycles. The molecule has 0 atom stereocenters. The molecule has 0 radical (unpaired) electrons. The number of esters is 1. The molecule has 3 rings (SSSR count). The van der Waals surface area contributed by atoms with Crippen molar-refractivity contribution in [2.45, 2.75) is 51.5 Å². The largest absolute Gasteiger partial charge is 0.469 e. The molecule has 1 aromatic heterocycles. The number of nitrogens with zero attached hydrogens (tertiary/aromatic N) is 4. The number of methoxy groups -OCH3 is 1. The highest BCUT2D eigenvalue weighted by molar-refractivity contribution is 5.69. The fourth-order valence-electron chi connectivity index (χ4n) is 3.86. The Bertz CT molecular complexity index is 897. The summed E-state index contributed by atoms with van der Waals surface area (Å²) in [6, 6.07) is 9.05. The highest BCUT2D eigenvalue weighted by atomic mass is 16.5. The number of hydrogen-bond acceptors (Lipinski definition) is 5. The highest BCUT2D eigenvalue weighted by Crippen LogP contribution is 2.34. The molecule has 1 heterocycles. The first kappa shape index (κ1) is 18.9. The predicted molar refractivity (Wildman–Crippen MR) is 99.5 cm³/mol. The molecule has 1 aliphatic rings. The lowest BCUT2D eigenvalue weighted by atomic mass is 9.83. The van der Waals surface area contributed by atoms with E-state index in [4.69, 9.17) is 10.00 Å². The van der Waals surface area contributed by atoms with Crippen LogP contribution >= 0.6 is 0 Å². The van der Waals surface area contributed by atoms with Gasteiger partial charge in [0.2, 0.25) is 0 Å². The van der Waals surface area contributed by atoms with Crippen molar-refractivity contribution < 1.29 is 9.53 Å². The van der Waals surface area contributed by atoms with Gasteiger partial charge in [0.15, 0.2) is 0 Å². The molecule has 0 N–H and O–H groups in total. The number of ether oxygens (including phenoxy) is 1. The standard InChI is InChI=1S/C20H24N4O3/c1-14-22-24(18-10-5-16(13-21)6-11-18)20(26)23(14)17-8-3-15(4-9-17)7-12-19(25)27-2/h5-6,10-11,15,17H,3-4,7-9,12H2,1-2H3/t15-,17+. The molecule has 0 unspecified atom stereocenters. The van der Waals surface area contributed by atoms with E-state index < -0.39 is 0 Å². The summed E-state index contributed by atoms with van der Waals surface area (Å²) in [4.78, 5) is 24.2. The van der Waals surface area contributed by atoms with Crippen molar-refractivity contribution >= 4 is 5.97 Å². The van der Waals surface area contributed by atoms with Crippen molar-refractivity contribution in [1.82, 2.24) is 14.3 Å². The van der Waals surface area contributed by atoms with Gasteiger partial charge in [0, 0.05) is 12.5 Å². The number of hydrogen-bond donors (Lipinski definition) is 0. The summed E-state index contributed by atoms with van der Waals surface area (Å²) in [5.41, 5.74) is 1.07. The van der Waals surface area contributed by atoms with E-state index >= 15 is 0 Å². The Morgan fingerprint density at radius 2 is 1.93 bits per heavy atom. The molecule has 0 saturated heterocycles. The van der Waals surface area contributed by atoms with Gasteiger partial charge in [-0.3, -0.25) is 9.36 Å². The van der Waals surface area contributed by atoms with Crippen molar-refractivity contribution in [2.75, 3.05) is 7.11 Å². The Morgan fingerprint density at radius 3 is 2.52 bits per heavy atom. The first-order valence-corrected chi connectivity index (χ1v) is 9.29. The molecule has 27 heavy (non-hydrogen) atoms. The Balaban J connectivity index is 1.71. The van der Waals surface area contributed by atoms with Crippen LogP contribution in [0.5, 0.6) is 0 Å². The Hall–Kier alpha value is -2.88. The minimum absolute atomic E-state index is 0.138. The van der Waals surface area contributed by atoms with E-state index in [0.717, 1.165) is 32.1 Å². The number of carbonyl (C=O) groups excluding carboxylic acids is 1. The molecule has 2 aromatic rings. The number of nitriles is 1. The lowest BCUT2D eigenvalue weighted by Crippen LogP contribution is -2.30. The molecular weight excluding hydrogens is 344 g/mol. The average molecular weight is 368 g/mol. The van der Waals surface area contributed by atoms with E-state index in [-0.39, 0.29) is 17.7 Å². The first-order valence-electron chi connectivity index (χ1n) is 9.29.